The van der Waals surface area contributed by atoms with Crippen LogP contribution in [0.3, 0.4) is 0 Å². The first-order valence-corrected chi connectivity index (χ1v) is 12.6. The second-order valence-electron chi connectivity index (χ2n) is 10.0. The van der Waals surface area contributed by atoms with Crippen molar-refractivity contribution in [3.63, 3.8) is 0 Å². The summed E-state index contributed by atoms with van der Waals surface area (Å²) in [6.45, 7) is 0.250. The number of hydrogen-bond donors (Lipinski definition) is 2. The number of ether oxygens (including phenoxy) is 2. The SMILES string of the molecule is NC1(COC(=O)C2(OCc3cc(=O)n4[nH]c(-c5ccccc5)nc4n3)CCCCC2)CCCCC1. The number of esters is 1. The maximum Gasteiger partial charge on any atom is 0.338 e. The van der Waals surface area contributed by atoms with Gasteiger partial charge in [0.25, 0.3) is 11.3 Å². The summed E-state index contributed by atoms with van der Waals surface area (Å²) in [6.07, 6.45) is 9.07. The fourth-order valence-electron chi connectivity index (χ4n) is 5.21. The molecule has 0 radical (unpaired) electrons. The highest BCUT2D eigenvalue weighted by Crippen LogP contribution is 2.35. The summed E-state index contributed by atoms with van der Waals surface area (Å²) in [5, 5.41) is 2.99. The van der Waals surface area contributed by atoms with E-state index in [1.807, 2.05) is 30.3 Å². The molecule has 9 nitrogen and oxygen atoms in total. The summed E-state index contributed by atoms with van der Waals surface area (Å²) in [6, 6.07) is 11.0. The van der Waals surface area contributed by atoms with Gasteiger partial charge in [-0.25, -0.2) is 9.78 Å². The number of hydrogen-bond acceptors (Lipinski definition) is 7. The van der Waals surface area contributed by atoms with Gasteiger partial charge in [-0.1, -0.05) is 56.0 Å². The third-order valence-electron chi connectivity index (χ3n) is 7.30. The minimum Gasteiger partial charge on any atom is -0.462 e. The number of nitrogens with zero attached hydrogens (tertiary/aromatic N) is 3. The highest BCUT2D eigenvalue weighted by Gasteiger charge is 2.43. The number of nitrogens with two attached hydrogens (primary N) is 1. The maximum absolute atomic E-state index is 13.3. The number of H-pyrrole nitrogens is 1. The van der Waals surface area contributed by atoms with Gasteiger partial charge in [-0.15, -0.1) is 0 Å². The van der Waals surface area contributed by atoms with E-state index in [0.717, 1.165) is 50.5 Å². The van der Waals surface area contributed by atoms with Crippen LogP contribution in [0.2, 0.25) is 0 Å². The Hall–Kier alpha value is -3.04. The molecule has 2 aliphatic rings. The van der Waals surface area contributed by atoms with Crippen molar-refractivity contribution < 1.29 is 14.3 Å². The molecule has 2 heterocycles. The molecule has 0 unspecified atom stereocenters. The van der Waals surface area contributed by atoms with Gasteiger partial charge >= 0.3 is 5.97 Å². The van der Waals surface area contributed by atoms with Crippen LogP contribution in [0, 0.1) is 0 Å². The van der Waals surface area contributed by atoms with Crippen LogP contribution in [0.25, 0.3) is 17.2 Å². The van der Waals surface area contributed by atoms with Crippen LogP contribution >= 0.6 is 0 Å². The number of benzene rings is 1. The van der Waals surface area contributed by atoms with E-state index in [-0.39, 0.29) is 30.5 Å². The zero-order valence-electron chi connectivity index (χ0n) is 20.0. The summed E-state index contributed by atoms with van der Waals surface area (Å²) in [5.41, 5.74) is 6.01. The van der Waals surface area contributed by atoms with Crippen molar-refractivity contribution in [3.8, 4) is 11.4 Å². The van der Waals surface area contributed by atoms with Gasteiger partial charge in [0.15, 0.2) is 11.4 Å². The smallest absolute Gasteiger partial charge is 0.338 e. The lowest BCUT2D eigenvalue weighted by Gasteiger charge is -2.37. The lowest BCUT2D eigenvalue weighted by Crippen LogP contribution is -2.50. The van der Waals surface area contributed by atoms with Gasteiger partial charge in [-0.2, -0.15) is 9.50 Å². The van der Waals surface area contributed by atoms with Gasteiger partial charge in [0.2, 0.25) is 0 Å². The number of carbonyl (C=O) groups is 1. The molecule has 9 heteroatoms. The fraction of sp³-hybridized carbons (Fsp3) is 0.538. The van der Waals surface area contributed by atoms with Crippen molar-refractivity contribution in [2.75, 3.05) is 6.61 Å². The van der Waals surface area contributed by atoms with Crippen molar-refractivity contribution in [2.24, 2.45) is 5.73 Å². The molecule has 0 aliphatic heterocycles. The van der Waals surface area contributed by atoms with Gasteiger partial charge in [0.1, 0.15) is 6.61 Å². The average molecular weight is 480 g/mol. The Bertz CT molecular complexity index is 1220. The molecule has 35 heavy (non-hydrogen) atoms. The number of fused-ring (bicyclic) bond motifs is 1. The second kappa shape index (κ2) is 9.91. The Balaban J connectivity index is 1.32. The monoisotopic (exact) mass is 479 g/mol. The van der Waals surface area contributed by atoms with Crippen LogP contribution in [0.5, 0.6) is 0 Å². The molecule has 0 saturated heterocycles. The van der Waals surface area contributed by atoms with E-state index in [0.29, 0.717) is 24.4 Å². The summed E-state index contributed by atoms with van der Waals surface area (Å²) in [5.74, 6) is 0.466. The number of carbonyl (C=O) groups excluding carboxylic acids is 1. The average Bonchev–Trinajstić information content (AvgIpc) is 3.33. The van der Waals surface area contributed by atoms with Gasteiger partial charge in [-0.3, -0.25) is 9.89 Å². The Kier molecular flexibility index (Phi) is 6.71. The zero-order chi connectivity index (χ0) is 24.3. The van der Waals surface area contributed by atoms with Crippen LogP contribution in [0.15, 0.2) is 41.2 Å². The van der Waals surface area contributed by atoms with E-state index in [2.05, 4.69) is 15.1 Å². The molecule has 0 atom stereocenters. The first-order valence-electron chi connectivity index (χ1n) is 12.6. The summed E-state index contributed by atoms with van der Waals surface area (Å²) < 4.78 is 13.3. The minimum absolute atomic E-state index is 0.0299. The predicted molar refractivity (Wildman–Crippen MR) is 131 cm³/mol. The van der Waals surface area contributed by atoms with Crippen LogP contribution in [-0.2, 0) is 20.9 Å². The third-order valence-corrected chi connectivity index (χ3v) is 7.30. The molecule has 2 aliphatic carbocycles. The molecule has 3 aromatic rings. The molecule has 186 valence electrons. The minimum atomic E-state index is -1.03. The summed E-state index contributed by atoms with van der Waals surface area (Å²) >= 11 is 0. The highest BCUT2D eigenvalue weighted by molar-refractivity contribution is 5.79. The van der Waals surface area contributed by atoms with Gasteiger partial charge in [0, 0.05) is 11.6 Å². The zero-order valence-corrected chi connectivity index (χ0v) is 20.0. The number of nitrogens with one attached hydrogen (secondary N) is 1. The Morgan fingerprint density at radius 1 is 1.00 bits per heavy atom. The van der Waals surface area contributed by atoms with Crippen molar-refractivity contribution in [2.45, 2.75) is 82.0 Å². The standard InChI is InChI=1S/C26H33N5O4/c27-25(12-6-2-7-13-25)18-34-23(33)26(14-8-3-9-15-26)35-17-20-16-21(32)31-24(28-20)29-22(30-31)19-10-4-1-5-11-19/h1,4-5,10-11,16H,2-3,6-9,12-15,17-18,27H2,(H,28,29,30). The van der Waals surface area contributed by atoms with Crippen LogP contribution in [-0.4, -0.2) is 43.3 Å². The number of aromatic amines is 1. The molecule has 2 aromatic heterocycles. The first-order chi connectivity index (χ1) is 17.0. The quantitative estimate of drug-likeness (QED) is 0.497. The van der Waals surface area contributed by atoms with Gasteiger partial charge in [-0.05, 0) is 38.5 Å². The topological polar surface area (TPSA) is 125 Å². The van der Waals surface area contributed by atoms with E-state index < -0.39 is 11.1 Å². The summed E-state index contributed by atoms with van der Waals surface area (Å²) in [4.78, 5) is 35.0. The van der Waals surface area contributed by atoms with Crippen molar-refractivity contribution >= 4 is 11.7 Å². The molecular weight excluding hydrogens is 446 g/mol. The number of aromatic nitrogens is 4. The Labute approximate surface area is 204 Å². The molecule has 2 saturated carbocycles. The molecule has 0 bridgehead atoms. The van der Waals surface area contributed by atoms with E-state index >= 15 is 0 Å². The van der Waals surface area contributed by atoms with Crippen molar-refractivity contribution in [3.05, 3.63) is 52.4 Å². The molecule has 0 spiro atoms. The largest absolute Gasteiger partial charge is 0.462 e. The molecule has 5 rings (SSSR count). The van der Waals surface area contributed by atoms with Crippen LogP contribution < -0.4 is 11.3 Å². The van der Waals surface area contributed by atoms with Gasteiger partial charge in [0.05, 0.1) is 17.8 Å². The van der Waals surface area contributed by atoms with Crippen molar-refractivity contribution in [1.82, 2.24) is 19.6 Å². The van der Waals surface area contributed by atoms with Crippen LogP contribution in [0.4, 0.5) is 0 Å². The molecule has 1 aromatic carbocycles. The van der Waals surface area contributed by atoms with E-state index in [4.69, 9.17) is 15.2 Å². The third kappa shape index (κ3) is 5.16. The molecule has 0 amide bonds. The molecule has 3 N–H and O–H groups in total. The Morgan fingerprint density at radius 3 is 2.40 bits per heavy atom. The van der Waals surface area contributed by atoms with E-state index in [1.165, 1.54) is 17.0 Å². The van der Waals surface area contributed by atoms with Gasteiger partial charge < -0.3 is 15.2 Å². The lowest BCUT2D eigenvalue weighted by atomic mass is 9.82. The normalized spacial score (nSPS) is 19.5. The van der Waals surface area contributed by atoms with Crippen molar-refractivity contribution in [1.29, 1.82) is 0 Å². The van der Waals surface area contributed by atoms with Crippen LogP contribution in [0.1, 0.15) is 69.9 Å². The summed E-state index contributed by atoms with van der Waals surface area (Å²) in [7, 11) is 0. The molecular formula is C26H33N5O4. The van der Waals surface area contributed by atoms with E-state index in [9.17, 15) is 9.59 Å². The Morgan fingerprint density at radius 2 is 1.69 bits per heavy atom. The first kappa shape index (κ1) is 23.7. The second-order valence-corrected chi connectivity index (χ2v) is 10.0. The number of rotatable bonds is 7. The fourth-order valence-corrected chi connectivity index (χ4v) is 5.21. The highest BCUT2D eigenvalue weighted by atomic mass is 16.6. The van der Waals surface area contributed by atoms with E-state index in [1.54, 1.807) is 0 Å². The predicted octanol–water partition coefficient (Wildman–Crippen LogP) is 3.51. The lowest BCUT2D eigenvalue weighted by molar-refractivity contribution is -0.182. The maximum atomic E-state index is 13.3. The molecule has 2 fully saturated rings.